The molecule has 0 unspecified atom stereocenters. The number of unbranched alkanes of at least 4 members (excludes halogenated alkanes) is 6. The second kappa shape index (κ2) is 14.5. The van der Waals surface area contributed by atoms with Crippen molar-refractivity contribution in [3.63, 3.8) is 0 Å². The Labute approximate surface area is 204 Å². The molecular formula is C31H48N2. The van der Waals surface area contributed by atoms with Crippen LogP contribution in [0.1, 0.15) is 121 Å². The molecule has 2 nitrogen and oxygen atoms in total. The van der Waals surface area contributed by atoms with Crippen molar-refractivity contribution in [2.45, 2.75) is 124 Å². The van der Waals surface area contributed by atoms with Crippen LogP contribution in [-0.2, 0) is 12.8 Å². The van der Waals surface area contributed by atoms with E-state index >= 15 is 0 Å². The Kier molecular flexibility index (Phi) is 11.4. The number of benzene rings is 1. The highest BCUT2D eigenvalue weighted by atomic mass is 14.9. The minimum Gasteiger partial charge on any atom is -0.241 e. The van der Waals surface area contributed by atoms with E-state index in [2.05, 4.69) is 51.2 Å². The van der Waals surface area contributed by atoms with Gasteiger partial charge in [-0.15, -0.1) is 0 Å². The van der Waals surface area contributed by atoms with Gasteiger partial charge in [0.1, 0.15) is 5.82 Å². The van der Waals surface area contributed by atoms with Gasteiger partial charge in [0, 0.05) is 23.9 Å². The van der Waals surface area contributed by atoms with E-state index in [1.165, 1.54) is 113 Å². The van der Waals surface area contributed by atoms with Crippen LogP contribution in [-0.4, -0.2) is 9.97 Å². The zero-order chi connectivity index (χ0) is 23.3. The summed E-state index contributed by atoms with van der Waals surface area (Å²) in [4.78, 5) is 9.64. The summed E-state index contributed by atoms with van der Waals surface area (Å²) in [5.41, 5.74) is 4.99. The van der Waals surface area contributed by atoms with Crippen LogP contribution in [0, 0.1) is 18.8 Å². The molecule has 1 fully saturated rings. The molecule has 0 spiro atoms. The molecule has 1 aromatic carbocycles. The third-order valence-corrected chi connectivity index (χ3v) is 7.82. The molecule has 0 radical (unpaired) electrons. The summed E-state index contributed by atoms with van der Waals surface area (Å²) in [6, 6.07) is 9.10. The van der Waals surface area contributed by atoms with E-state index in [1.54, 1.807) is 0 Å². The Hall–Kier alpha value is -1.70. The van der Waals surface area contributed by atoms with Crippen molar-refractivity contribution >= 4 is 0 Å². The lowest BCUT2D eigenvalue weighted by Crippen LogP contribution is -2.15. The maximum absolute atomic E-state index is 4.89. The summed E-state index contributed by atoms with van der Waals surface area (Å²) in [6.07, 6.45) is 23.6. The van der Waals surface area contributed by atoms with Crippen molar-refractivity contribution in [1.29, 1.82) is 0 Å². The fraction of sp³-hybridized carbons (Fsp3) is 0.677. The van der Waals surface area contributed by atoms with E-state index in [0.29, 0.717) is 0 Å². The maximum atomic E-state index is 4.89. The number of hydrogen-bond acceptors (Lipinski definition) is 2. The van der Waals surface area contributed by atoms with Crippen LogP contribution in [0.25, 0.3) is 11.1 Å². The Balaban J connectivity index is 1.43. The number of hydrogen-bond donors (Lipinski definition) is 0. The second-order valence-electron chi connectivity index (χ2n) is 10.6. The van der Waals surface area contributed by atoms with Gasteiger partial charge in [-0.25, -0.2) is 9.97 Å². The van der Waals surface area contributed by atoms with Gasteiger partial charge in [0.15, 0.2) is 0 Å². The lowest BCUT2D eigenvalue weighted by molar-refractivity contribution is 0.248. The van der Waals surface area contributed by atoms with Crippen LogP contribution < -0.4 is 0 Å². The molecule has 2 aromatic rings. The monoisotopic (exact) mass is 448 g/mol. The average molecular weight is 449 g/mol. The molecule has 182 valence electrons. The largest absolute Gasteiger partial charge is 0.241 e. The molecule has 2 heteroatoms. The summed E-state index contributed by atoms with van der Waals surface area (Å²) >= 11 is 0. The lowest BCUT2D eigenvalue weighted by atomic mass is 9.78. The third-order valence-electron chi connectivity index (χ3n) is 7.82. The molecule has 0 aliphatic heterocycles. The Morgan fingerprint density at radius 1 is 0.727 bits per heavy atom. The third kappa shape index (κ3) is 8.87. The van der Waals surface area contributed by atoms with Crippen molar-refractivity contribution in [3.8, 4) is 11.1 Å². The first-order chi connectivity index (χ1) is 16.2. The van der Waals surface area contributed by atoms with Gasteiger partial charge in [0.25, 0.3) is 0 Å². The predicted octanol–water partition coefficient (Wildman–Crippen LogP) is 9.28. The first-order valence-corrected chi connectivity index (χ1v) is 14.1. The average Bonchev–Trinajstić information content (AvgIpc) is 2.84. The standard InChI is InChI=1S/C31H48N2/c1-4-6-8-9-11-13-27-18-21-29(22-19-27)30-24-32-31(33-25(30)3)23-20-28-16-14-26(15-17-28)12-10-7-5-2/h18-19,21-22,24,26,28H,4-17,20,23H2,1-3H3. The maximum Gasteiger partial charge on any atom is 0.128 e. The first-order valence-electron chi connectivity index (χ1n) is 14.1. The van der Waals surface area contributed by atoms with Crippen LogP contribution in [0.4, 0.5) is 0 Å². The topological polar surface area (TPSA) is 25.8 Å². The van der Waals surface area contributed by atoms with E-state index in [0.717, 1.165) is 29.8 Å². The molecule has 1 aliphatic rings. The van der Waals surface area contributed by atoms with Crippen molar-refractivity contribution in [1.82, 2.24) is 9.97 Å². The van der Waals surface area contributed by atoms with Gasteiger partial charge in [0.2, 0.25) is 0 Å². The molecular weight excluding hydrogens is 400 g/mol. The highest BCUT2D eigenvalue weighted by molar-refractivity contribution is 5.65. The molecule has 0 N–H and O–H groups in total. The van der Waals surface area contributed by atoms with Crippen LogP contribution in [0.15, 0.2) is 30.5 Å². The van der Waals surface area contributed by atoms with Crippen LogP contribution >= 0.6 is 0 Å². The van der Waals surface area contributed by atoms with Gasteiger partial charge in [-0.05, 0) is 49.1 Å². The summed E-state index contributed by atoms with van der Waals surface area (Å²) < 4.78 is 0. The van der Waals surface area contributed by atoms with E-state index in [4.69, 9.17) is 9.97 Å². The quantitative estimate of drug-likeness (QED) is 0.269. The number of nitrogens with zero attached hydrogens (tertiary/aromatic N) is 2. The summed E-state index contributed by atoms with van der Waals surface area (Å²) in [5.74, 6) is 2.91. The smallest absolute Gasteiger partial charge is 0.128 e. The van der Waals surface area contributed by atoms with Crippen molar-refractivity contribution in [2.24, 2.45) is 11.8 Å². The zero-order valence-electron chi connectivity index (χ0n) is 21.7. The summed E-state index contributed by atoms with van der Waals surface area (Å²) in [7, 11) is 0. The van der Waals surface area contributed by atoms with Crippen molar-refractivity contribution in [3.05, 3.63) is 47.5 Å². The van der Waals surface area contributed by atoms with E-state index in [1.807, 2.05) is 0 Å². The fourth-order valence-electron chi connectivity index (χ4n) is 5.53. The Morgan fingerprint density at radius 3 is 2.03 bits per heavy atom. The second-order valence-corrected chi connectivity index (χ2v) is 10.6. The highest BCUT2D eigenvalue weighted by Crippen LogP contribution is 2.34. The number of aryl methyl sites for hydroxylation is 3. The van der Waals surface area contributed by atoms with E-state index in [-0.39, 0.29) is 0 Å². The van der Waals surface area contributed by atoms with Crippen LogP contribution in [0.5, 0.6) is 0 Å². The Morgan fingerprint density at radius 2 is 1.36 bits per heavy atom. The minimum atomic E-state index is 0.880. The van der Waals surface area contributed by atoms with Gasteiger partial charge in [-0.2, -0.15) is 0 Å². The van der Waals surface area contributed by atoms with Crippen LogP contribution in [0.3, 0.4) is 0 Å². The molecule has 1 saturated carbocycles. The summed E-state index contributed by atoms with van der Waals surface area (Å²) in [5, 5.41) is 0. The number of rotatable bonds is 14. The molecule has 0 atom stereocenters. The molecule has 1 heterocycles. The Bertz CT molecular complexity index is 787. The molecule has 3 rings (SSSR count). The first kappa shape index (κ1) is 25.9. The minimum absolute atomic E-state index is 0.880. The van der Waals surface area contributed by atoms with E-state index < -0.39 is 0 Å². The molecule has 1 aliphatic carbocycles. The van der Waals surface area contributed by atoms with Crippen molar-refractivity contribution < 1.29 is 0 Å². The SMILES string of the molecule is CCCCCCCc1ccc(-c2cnc(CCC3CCC(CCCCC)CC3)nc2C)cc1. The number of aromatic nitrogens is 2. The molecule has 0 amide bonds. The van der Waals surface area contributed by atoms with E-state index in [9.17, 15) is 0 Å². The van der Waals surface area contributed by atoms with Gasteiger partial charge >= 0.3 is 0 Å². The van der Waals surface area contributed by atoms with Gasteiger partial charge in [-0.1, -0.05) is 115 Å². The van der Waals surface area contributed by atoms with Crippen LogP contribution in [0.2, 0.25) is 0 Å². The van der Waals surface area contributed by atoms with Crippen molar-refractivity contribution in [2.75, 3.05) is 0 Å². The predicted molar refractivity (Wildman–Crippen MR) is 143 cm³/mol. The molecule has 33 heavy (non-hydrogen) atoms. The summed E-state index contributed by atoms with van der Waals surface area (Å²) in [6.45, 7) is 6.72. The molecule has 0 saturated heterocycles. The lowest BCUT2D eigenvalue weighted by Gasteiger charge is -2.28. The van der Waals surface area contributed by atoms with Gasteiger partial charge < -0.3 is 0 Å². The molecule has 1 aromatic heterocycles. The normalized spacial score (nSPS) is 18.5. The fourth-order valence-corrected chi connectivity index (χ4v) is 5.53. The van der Waals surface area contributed by atoms with Gasteiger partial charge in [0.05, 0.1) is 0 Å². The zero-order valence-corrected chi connectivity index (χ0v) is 21.7. The highest BCUT2D eigenvalue weighted by Gasteiger charge is 2.21. The molecule has 0 bridgehead atoms. The van der Waals surface area contributed by atoms with Gasteiger partial charge in [-0.3, -0.25) is 0 Å².